The van der Waals surface area contributed by atoms with Crippen LogP contribution in [0, 0.1) is 57.2 Å². The van der Waals surface area contributed by atoms with Crippen molar-refractivity contribution >= 4 is 0 Å². The van der Waals surface area contributed by atoms with Crippen LogP contribution in [0.4, 0.5) is 0 Å². The molecule has 6 N–H and O–H groups in total. The molecule has 4 atom stereocenters. The minimum Gasteiger partial charge on any atom is -0.412 e. The smallest absolute Gasteiger partial charge is 0.0606 e. The van der Waals surface area contributed by atoms with Gasteiger partial charge in [0.2, 0.25) is 0 Å². The largest absolute Gasteiger partial charge is 0.412 e. The van der Waals surface area contributed by atoms with E-state index in [0.29, 0.717) is 35.5 Å². The lowest BCUT2D eigenvalue weighted by Crippen LogP contribution is -2.49. The average molecular weight is 521 g/mol. The molecule has 2 aliphatic rings. The number of hydrogen-bond acceptors (Lipinski definition) is 2. The van der Waals surface area contributed by atoms with E-state index in [0.717, 1.165) is 25.7 Å². The Balaban J connectivity index is -0.00000102. The Kier molecular flexibility index (Phi) is 17.0. The fourth-order valence-electron chi connectivity index (χ4n) is 7.07. The first-order valence-electron chi connectivity index (χ1n) is 13.1. The summed E-state index contributed by atoms with van der Waals surface area (Å²) in [5.41, 5.74) is 0.525. The summed E-state index contributed by atoms with van der Waals surface area (Å²) >= 11 is 0. The van der Waals surface area contributed by atoms with Crippen LogP contribution in [0.3, 0.4) is 0 Å². The van der Waals surface area contributed by atoms with Crippen LogP contribution in [-0.2, 0) is 0 Å². The van der Waals surface area contributed by atoms with Crippen molar-refractivity contribution in [3.8, 4) is 0 Å². The molecule has 224 valence electrons. The van der Waals surface area contributed by atoms with Gasteiger partial charge in [0.1, 0.15) is 0 Å². The van der Waals surface area contributed by atoms with Gasteiger partial charge in [-0.3, -0.25) is 0 Å². The summed E-state index contributed by atoms with van der Waals surface area (Å²) in [5, 5.41) is 22.6. The van der Waals surface area contributed by atoms with E-state index in [4.69, 9.17) is 0 Å². The van der Waals surface area contributed by atoms with Crippen LogP contribution in [-0.4, -0.2) is 33.4 Å². The number of aliphatic hydroxyl groups is 2. The zero-order valence-corrected chi connectivity index (χ0v) is 24.0. The second kappa shape index (κ2) is 14.3. The standard InChI is InChI=1S/C29H56O2.3CH4.2H2O/c1-26(2,3)20-14-18(15-21(24(20)30)27(4,5)6)13-19-16-22(28(7,8)9)25(31)23(17-19)29(10,11)12;;;;;/h18-25,30-31H,13-17H2,1-12H3;3*1H4;2*1H2. The average Bonchev–Trinajstić information content (AvgIpc) is 2.53. The molecule has 4 unspecified atom stereocenters. The van der Waals surface area contributed by atoms with Crippen LogP contribution in [0.5, 0.6) is 0 Å². The van der Waals surface area contributed by atoms with E-state index in [1.54, 1.807) is 0 Å². The van der Waals surface area contributed by atoms with Crippen molar-refractivity contribution in [3.63, 3.8) is 0 Å². The minimum absolute atomic E-state index is 0. The van der Waals surface area contributed by atoms with Crippen molar-refractivity contribution in [2.75, 3.05) is 0 Å². The van der Waals surface area contributed by atoms with Crippen LogP contribution in [0.15, 0.2) is 0 Å². The van der Waals surface area contributed by atoms with E-state index >= 15 is 0 Å². The highest BCUT2D eigenvalue weighted by Crippen LogP contribution is 2.53. The molecule has 0 saturated heterocycles. The van der Waals surface area contributed by atoms with Crippen molar-refractivity contribution in [2.24, 2.45) is 57.2 Å². The molecular formula is C32H72O4. The van der Waals surface area contributed by atoms with Crippen LogP contribution < -0.4 is 0 Å². The molecule has 2 fully saturated rings. The SMILES string of the molecule is C.C.C.CC(C)(C)C1CC(CC2CC(C(C)(C)C)C(O)C(C(C)(C)C)C2)CC(C(C)(C)C)C1O.O.O. The van der Waals surface area contributed by atoms with E-state index in [-0.39, 0.29) is 67.1 Å². The predicted molar refractivity (Wildman–Crippen MR) is 161 cm³/mol. The molecule has 0 radical (unpaired) electrons. The van der Waals surface area contributed by atoms with Gasteiger partial charge in [-0.1, -0.05) is 105 Å². The molecule has 0 bridgehead atoms. The summed E-state index contributed by atoms with van der Waals surface area (Å²) in [6.07, 6.45) is 5.46. The third kappa shape index (κ3) is 10.2. The van der Waals surface area contributed by atoms with E-state index in [2.05, 4.69) is 83.1 Å². The van der Waals surface area contributed by atoms with Crippen LogP contribution in [0.25, 0.3) is 0 Å². The maximum atomic E-state index is 11.3. The summed E-state index contributed by atoms with van der Waals surface area (Å²) in [6.45, 7) is 27.7. The Morgan fingerprint density at radius 2 is 0.611 bits per heavy atom. The zero-order chi connectivity index (χ0) is 24.2. The van der Waals surface area contributed by atoms with Crippen molar-refractivity contribution in [1.82, 2.24) is 0 Å². The van der Waals surface area contributed by atoms with Gasteiger partial charge in [-0.25, -0.2) is 0 Å². The molecule has 0 aromatic heterocycles. The summed E-state index contributed by atoms with van der Waals surface area (Å²) in [5.74, 6) is 2.81. The van der Waals surface area contributed by atoms with E-state index in [1.807, 2.05) is 0 Å². The second-order valence-corrected chi connectivity index (χ2v) is 15.8. The molecule has 0 heterocycles. The summed E-state index contributed by atoms with van der Waals surface area (Å²) < 4.78 is 0. The first kappa shape index (κ1) is 42.9. The molecule has 0 aromatic rings. The summed E-state index contributed by atoms with van der Waals surface area (Å²) in [6, 6.07) is 0. The van der Waals surface area contributed by atoms with Crippen molar-refractivity contribution in [1.29, 1.82) is 0 Å². The lowest BCUT2D eigenvalue weighted by molar-refractivity contribution is -0.102. The predicted octanol–water partition coefficient (Wildman–Crippen LogP) is 7.83. The maximum Gasteiger partial charge on any atom is 0.0606 e. The van der Waals surface area contributed by atoms with Crippen LogP contribution in [0.2, 0.25) is 0 Å². The van der Waals surface area contributed by atoms with Gasteiger partial charge in [0, 0.05) is 0 Å². The fraction of sp³-hybridized carbons (Fsp3) is 1.00. The van der Waals surface area contributed by atoms with Crippen LogP contribution >= 0.6 is 0 Å². The Bertz CT molecular complexity index is 487. The zero-order valence-electron chi connectivity index (χ0n) is 24.0. The van der Waals surface area contributed by atoms with E-state index in [1.165, 1.54) is 6.42 Å². The molecule has 2 saturated carbocycles. The summed E-state index contributed by atoms with van der Waals surface area (Å²) in [4.78, 5) is 0. The van der Waals surface area contributed by atoms with Crippen molar-refractivity contribution in [3.05, 3.63) is 0 Å². The van der Waals surface area contributed by atoms with Crippen molar-refractivity contribution < 1.29 is 21.2 Å². The number of hydrogen-bond donors (Lipinski definition) is 2. The molecule has 4 nitrogen and oxygen atoms in total. The normalized spacial score (nSPS) is 33.5. The third-order valence-electron chi connectivity index (χ3n) is 9.11. The highest BCUT2D eigenvalue weighted by molar-refractivity contribution is 4.99. The molecule has 36 heavy (non-hydrogen) atoms. The quantitative estimate of drug-likeness (QED) is 0.387. The molecule has 0 aromatic carbocycles. The minimum atomic E-state index is -0.200. The van der Waals surface area contributed by atoms with E-state index < -0.39 is 0 Å². The lowest BCUT2D eigenvalue weighted by Gasteiger charge is -2.52. The highest BCUT2D eigenvalue weighted by atomic mass is 16.3. The molecule has 0 spiro atoms. The molecule has 0 aliphatic heterocycles. The molecule has 4 heteroatoms. The monoisotopic (exact) mass is 521 g/mol. The number of aliphatic hydroxyl groups excluding tert-OH is 2. The first-order chi connectivity index (χ1) is 13.7. The lowest BCUT2D eigenvalue weighted by atomic mass is 9.55. The van der Waals surface area contributed by atoms with Gasteiger partial charge >= 0.3 is 0 Å². The second-order valence-electron chi connectivity index (χ2n) is 15.8. The molecular weight excluding hydrogens is 448 g/mol. The highest BCUT2D eigenvalue weighted by Gasteiger charge is 2.49. The van der Waals surface area contributed by atoms with Crippen molar-refractivity contribution in [2.45, 2.75) is 150 Å². The van der Waals surface area contributed by atoms with Crippen LogP contribution in [0.1, 0.15) is 137 Å². The van der Waals surface area contributed by atoms with Gasteiger partial charge in [0.05, 0.1) is 12.2 Å². The third-order valence-corrected chi connectivity index (χ3v) is 9.11. The fourth-order valence-corrected chi connectivity index (χ4v) is 7.07. The van der Waals surface area contributed by atoms with Gasteiger partial charge in [0.15, 0.2) is 0 Å². The van der Waals surface area contributed by atoms with Gasteiger partial charge in [-0.15, -0.1) is 0 Å². The maximum absolute atomic E-state index is 11.3. The summed E-state index contributed by atoms with van der Waals surface area (Å²) in [7, 11) is 0. The Morgan fingerprint density at radius 1 is 0.444 bits per heavy atom. The van der Waals surface area contributed by atoms with Gasteiger partial charge in [-0.05, 0) is 89.3 Å². The molecule has 0 amide bonds. The Labute approximate surface area is 228 Å². The van der Waals surface area contributed by atoms with Gasteiger partial charge < -0.3 is 21.2 Å². The Morgan fingerprint density at radius 3 is 0.750 bits per heavy atom. The Hall–Kier alpha value is -0.160. The van der Waals surface area contributed by atoms with E-state index in [9.17, 15) is 10.2 Å². The van der Waals surface area contributed by atoms with Gasteiger partial charge in [0.25, 0.3) is 0 Å². The topological polar surface area (TPSA) is 103 Å². The number of rotatable bonds is 2. The molecule has 2 rings (SSSR count). The van der Waals surface area contributed by atoms with Gasteiger partial charge in [-0.2, -0.15) is 0 Å². The molecule has 2 aliphatic carbocycles. The first-order valence-corrected chi connectivity index (χ1v) is 13.1.